The van der Waals surface area contributed by atoms with Crippen LogP contribution in [0.3, 0.4) is 0 Å². The van der Waals surface area contributed by atoms with Crippen molar-refractivity contribution in [3.63, 3.8) is 0 Å². The van der Waals surface area contributed by atoms with Crippen molar-refractivity contribution < 1.29 is 9.18 Å². The molecule has 0 radical (unpaired) electrons. The van der Waals surface area contributed by atoms with Crippen molar-refractivity contribution in [1.29, 1.82) is 0 Å². The highest BCUT2D eigenvalue weighted by atomic mass is 35.5. The van der Waals surface area contributed by atoms with Crippen LogP contribution in [0.5, 0.6) is 0 Å². The third kappa shape index (κ3) is 2.81. The van der Waals surface area contributed by atoms with Crippen molar-refractivity contribution in [1.82, 2.24) is 5.32 Å². The Morgan fingerprint density at radius 2 is 2.10 bits per heavy atom. The monoisotopic (exact) mass is 298 g/mol. The molecule has 1 heterocycles. The first-order chi connectivity index (χ1) is 9.11. The number of carbonyl (C=O) groups excluding carboxylic acids is 1. The molecule has 1 atom stereocenters. The fourth-order valence-corrected chi connectivity index (χ4v) is 3.14. The molecule has 1 amide bonds. The summed E-state index contributed by atoms with van der Waals surface area (Å²) in [6, 6.07) is 4.50. The summed E-state index contributed by atoms with van der Waals surface area (Å²) in [4.78, 5) is 12.3. The molecule has 110 valence electrons. The van der Waals surface area contributed by atoms with E-state index in [4.69, 9.17) is 0 Å². The lowest BCUT2D eigenvalue weighted by Crippen LogP contribution is -2.31. The lowest BCUT2D eigenvalue weighted by atomic mass is 9.91. The first kappa shape index (κ1) is 15.3. The molecule has 1 aliphatic heterocycles. The summed E-state index contributed by atoms with van der Waals surface area (Å²) in [6.45, 7) is 3.88. The van der Waals surface area contributed by atoms with E-state index in [1.54, 1.807) is 6.07 Å². The number of anilines is 1. The minimum absolute atomic E-state index is 0. The molecule has 3 rings (SSSR count). The van der Waals surface area contributed by atoms with E-state index in [0.29, 0.717) is 5.69 Å². The summed E-state index contributed by atoms with van der Waals surface area (Å²) < 4.78 is 13.2. The Hall–Kier alpha value is -1.13. The molecule has 1 aliphatic carbocycles. The van der Waals surface area contributed by atoms with Gasteiger partial charge in [-0.25, -0.2) is 4.39 Å². The summed E-state index contributed by atoms with van der Waals surface area (Å²) in [5.74, 6) is -0.152. The molecule has 0 aromatic heterocycles. The number of halogens is 2. The molecule has 20 heavy (non-hydrogen) atoms. The predicted octanol–water partition coefficient (Wildman–Crippen LogP) is 2.88. The number of hydrogen-bond acceptors (Lipinski definition) is 2. The van der Waals surface area contributed by atoms with Gasteiger partial charge in [-0.15, -0.1) is 12.4 Å². The lowest BCUT2D eigenvalue weighted by Gasteiger charge is -2.23. The van der Waals surface area contributed by atoms with Crippen molar-refractivity contribution in [2.75, 3.05) is 18.4 Å². The Morgan fingerprint density at radius 1 is 1.40 bits per heavy atom. The van der Waals surface area contributed by atoms with Crippen LogP contribution >= 0.6 is 12.4 Å². The van der Waals surface area contributed by atoms with Crippen molar-refractivity contribution in [2.45, 2.75) is 26.2 Å². The number of benzene rings is 1. The van der Waals surface area contributed by atoms with Gasteiger partial charge in [0.15, 0.2) is 0 Å². The molecule has 1 spiro atoms. The van der Waals surface area contributed by atoms with E-state index in [1.165, 1.54) is 12.1 Å². The average Bonchev–Trinajstić information content (AvgIpc) is 3.08. The van der Waals surface area contributed by atoms with Crippen molar-refractivity contribution in [2.24, 2.45) is 11.3 Å². The fraction of sp³-hybridized carbons (Fsp3) is 0.533. The molecule has 1 saturated carbocycles. The Balaban J connectivity index is 0.00000147. The van der Waals surface area contributed by atoms with Gasteiger partial charge in [-0.1, -0.05) is 6.07 Å². The van der Waals surface area contributed by atoms with Crippen LogP contribution in [0.15, 0.2) is 18.2 Å². The van der Waals surface area contributed by atoms with E-state index in [9.17, 15) is 9.18 Å². The summed E-state index contributed by atoms with van der Waals surface area (Å²) >= 11 is 0. The first-order valence-corrected chi connectivity index (χ1v) is 6.88. The van der Waals surface area contributed by atoms with Crippen molar-refractivity contribution >= 4 is 24.0 Å². The molecule has 2 fully saturated rings. The van der Waals surface area contributed by atoms with Crippen LogP contribution in [0.25, 0.3) is 0 Å². The van der Waals surface area contributed by atoms with Crippen LogP contribution in [-0.4, -0.2) is 19.0 Å². The minimum atomic E-state index is -0.312. The number of carbonyl (C=O) groups is 1. The van der Waals surface area contributed by atoms with Crippen molar-refractivity contribution in [3.05, 3.63) is 29.6 Å². The van der Waals surface area contributed by atoms with Crippen LogP contribution in [0.4, 0.5) is 10.1 Å². The highest BCUT2D eigenvalue weighted by Gasteiger charge is 2.57. The number of hydrogen-bond donors (Lipinski definition) is 2. The second kappa shape index (κ2) is 5.70. The Morgan fingerprint density at radius 3 is 2.80 bits per heavy atom. The van der Waals surface area contributed by atoms with Gasteiger partial charge in [0.25, 0.3) is 0 Å². The highest BCUT2D eigenvalue weighted by molar-refractivity contribution is 5.95. The maximum atomic E-state index is 13.2. The topological polar surface area (TPSA) is 41.1 Å². The molecular weight excluding hydrogens is 279 g/mol. The van der Waals surface area contributed by atoms with E-state index < -0.39 is 0 Å². The molecule has 1 unspecified atom stereocenters. The van der Waals surface area contributed by atoms with Gasteiger partial charge in [0.1, 0.15) is 5.82 Å². The van der Waals surface area contributed by atoms with Crippen LogP contribution in [-0.2, 0) is 4.79 Å². The van der Waals surface area contributed by atoms with Gasteiger partial charge in [0, 0.05) is 11.6 Å². The van der Waals surface area contributed by atoms with E-state index in [2.05, 4.69) is 10.6 Å². The standard InChI is InChI=1S/C15H19FN2O.ClH/c1-10-2-3-11(16)8-13(10)18-14(19)12-9-15(12)4-6-17-7-5-15;/h2-3,8,12,17H,4-7,9H2,1H3,(H,18,19);1H. The van der Waals surface area contributed by atoms with E-state index in [1.807, 2.05) is 6.92 Å². The SMILES string of the molecule is Cc1ccc(F)cc1NC(=O)C1CC12CCNCC2.Cl. The quantitative estimate of drug-likeness (QED) is 0.881. The number of nitrogens with one attached hydrogen (secondary N) is 2. The third-order valence-corrected chi connectivity index (χ3v) is 4.56. The zero-order valence-electron chi connectivity index (χ0n) is 11.5. The molecule has 3 nitrogen and oxygen atoms in total. The summed E-state index contributed by atoms with van der Waals surface area (Å²) in [5.41, 5.74) is 1.71. The van der Waals surface area contributed by atoms with Crippen LogP contribution in [0.2, 0.25) is 0 Å². The fourth-order valence-electron chi connectivity index (χ4n) is 3.14. The molecule has 1 aromatic carbocycles. The van der Waals surface area contributed by atoms with Gasteiger partial charge in [-0.05, 0) is 62.4 Å². The number of amides is 1. The second-order valence-electron chi connectivity index (χ2n) is 5.82. The van der Waals surface area contributed by atoms with Gasteiger partial charge >= 0.3 is 0 Å². The molecule has 0 bridgehead atoms. The summed E-state index contributed by atoms with van der Waals surface area (Å²) in [7, 11) is 0. The lowest BCUT2D eigenvalue weighted by molar-refractivity contribution is -0.118. The Kier molecular flexibility index (Phi) is 4.35. The molecular formula is C15H20ClFN2O. The normalized spacial score (nSPS) is 23.0. The largest absolute Gasteiger partial charge is 0.325 e. The molecule has 1 aromatic rings. The number of rotatable bonds is 2. The smallest absolute Gasteiger partial charge is 0.228 e. The molecule has 1 saturated heterocycles. The zero-order valence-corrected chi connectivity index (χ0v) is 12.4. The summed E-state index contributed by atoms with van der Waals surface area (Å²) in [5, 5.41) is 6.21. The van der Waals surface area contributed by atoms with Gasteiger partial charge in [0.05, 0.1) is 0 Å². The van der Waals surface area contributed by atoms with Gasteiger partial charge in [-0.2, -0.15) is 0 Å². The highest BCUT2D eigenvalue weighted by Crippen LogP contribution is 2.58. The third-order valence-electron chi connectivity index (χ3n) is 4.56. The maximum Gasteiger partial charge on any atom is 0.228 e. The minimum Gasteiger partial charge on any atom is -0.325 e. The molecule has 5 heteroatoms. The van der Waals surface area contributed by atoms with Crippen LogP contribution < -0.4 is 10.6 Å². The van der Waals surface area contributed by atoms with Crippen LogP contribution in [0, 0.1) is 24.1 Å². The first-order valence-electron chi connectivity index (χ1n) is 6.88. The van der Waals surface area contributed by atoms with E-state index in [0.717, 1.165) is 37.9 Å². The number of piperidine rings is 1. The predicted molar refractivity (Wildman–Crippen MR) is 79.7 cm³/mol. The van der Waals surface area contributed by atoms with Crippen LogP contribution in [0.1, 0.15) is 24.8 Å². The second-order valence-corrected chi connectivity index (χ2v) is 5.82. The number of aryl methyl sites for hydroxylation is 1. The maximum absolute atomic E-state index is 13.2. The Bertz CT molecular complexity index is 515. The van der Waals surface area contributed by atoms with Gasteiger partial charge < -0.3 is 10.6 Å². The van der Waals surface area contributed by atoms with Crippen molar-refractivity contribution in [3.8, 4) is 0 Å². The van der Waals surface area contributed by atoms with Gasteiger partial charge in [0.2, 0.25) is 5.91 Å². The molecule has 2 N–H and O–H groups in total. The Labute approximate surface area is 124 Å². The average molecular weight is 299 g/mol. The summed E-state index contributed by atoms with van der Waals surface area (Å²) in [6.07, 6.45) is 3.13. The van der Waals surface area contributed by atoms with E-state index in [-0.39, 0.29) is 35.5 Å². The van der Waals surface area contributed by atoms with E-state index >= 15 is 0 Å². The zero-order chi connectivity index (χ0) is 13.5. The van der Waals surface area contributed by atoms with Gasteiger partial charge in [-0.3, -0.25) is 4.79 Å². The molecule has 2 aliphatic rings.